The average Bonchev–Trinajstić information content (AvgIpc) is 3.17. The van der Waals surface area contributed by atoms with Crippen molar-refractivity contribution < 1.29 is 32.6 Å². The molecule has 14 nitrogen and oxygen atoms in total. The van der Waals surface area contributed by atoms with Gasteiger partial charge in [0.2, 0.25) is 16.0 Å². The highest BCUT2D eigenvalue weighted by atomic mass is 32.2. The van der Waals surface area contributed by atoms with Crippen LogP contribution in [0.25, 0.3) is 22.0 Å². The number of aromatic nitrogens is 2. The number of hydrogen-bond donors (Lipinski definition) is 5. The fourth-order valence-electron chi connectivity index (χ4n) is 6.83. The molecule has 4 aromatic carbocycles. The Kier molecular flexibility index (Phi) is 12.5. The van der Waals surface area contributed by atoms with Crippen LogP contribution < -0.4 is 30.1 Å². The number of rotatable bonds is 13. The summed E-state index contributed by atoms with van der Waals surface area (Å²) in [5.41, 5.74) is 5.83. The number of hydrogen-bond acceptors (Lipinski definition) is 11. The molecule has 58 heavy (non-hydrogen) atoms. The smallest absolute Gasteiger partial charge is 0.255 e. The largest absolute Gasteiger partial charge is 0.496 e. The number of piperidine rings is 1. The van der Waals surface area contributed by atoms with E-state index in [1.54, 1.807) is 42.6 Å². The summed E-state index contributed by atoms with van der Waals surface area (Å²) in [5.74, 6) is 0.345. The first-order valence-electron chi connectivity index (χ1n) is 19.0. The summed E-state index contributed by atoms with van der Waals surface area (Å²) in [5, 5.41) is 19.6. The molecule has 0 bridgehead atoms. The van der Waals surface area contributed by atoms with Crippen molar-refractivity contribution in [2.45, 2.75) is 52.1 Å². The Hall–Kier alpha value is -5.77. The first-order valence-corrected chi connectivity index (χ1v) is 20.9. The SMILES string of the molecule is COc1cc(Nc2ncc3cc(-c4cc(C(=O)Nc5cc(C(C)(C)C)cc(NS(C)(=O)=O)c5OC)ccc4C)ccc3n2)ccc1C(=O)NCCN1CCC(O)CC1. The van der Waals surface area contributed by atoms with E-state index in [1.807, 2.05) is 58.0 Å². The molecule has 5 aromatic rings. The van der Waals surface area contributed by atoms with Crippen molar-refractivity contribution in [1.29, 1.82) is 0 Å². The summed E-state index contributed by atoms with van der Waals surface area (Å²) in [6.07, 6.45) is 4.04. The highest BCUT2D eigenvalue weighted by molar-refractivity contribution is 7.92. The van der Waals surface area contributed by atoms with Crippen LogP contribution in [0.4, 0.5) is 23.0 Å². The van der Waals surface area contributed by atoms with E-state index in [0.29, 0.717) is 52.8 Å². The van der Waals surface area contributed by atoms with Gasteiger partial charge in [-0.25, -0.2) is 18.4 Å². The Balaban J connectivity index is 1.17. The molecule has 1 saturated heterocycles. The van der Waals surface area contributed by atoms with Crippen LogP contribution in [0.3, 0.4) is 0 Å². The number of aryl methyl sites for hydroxylation is 1. The molecule has 0 aliphatic carbocycles. The molecule has 1 aromatic heterocycles. The Bertz CT molecular complexity index is 2440. The number of nitrogens with one attached hydrogen (secondary N) is 4. The molecule has 5 N–H and O–H groups in total. The molecule has 1 aliphatic heterocycles. The van der Waals surface area contributed by atoms with Crippen LogP contribution in [-0.2, 0) is 15.4 Å². The molecular formula is C43H51N7O7S. The van der Waals surface area contributed by atoms with E-state index in [4.69, 9.17) is 14.5 Å². The van der Waals surface area contributed by atoms with Crippen LogP contribution in [0.2, 0.25) is 0 Å². The summed E-state index contributed by atoms with van der Waals surface area (Å²) >= 11 is 0. The molecule has 1 aliphatic rings. The number of amides is 2. The molecule has 0 atom stereocenters. The van der Waals surface area contributed by atoms with Crippen LogP contribution >= 0.6 is 0 Å². The van der Waals surface area contributed by atoms with E-state index >= 15 is 0 Å². The minimum Gasteiger partial charge on any atom is -0.496 e. The van der Waals surface area contributed by atoms with Crippen molar-refractivity contribution in [2.24, 2.45) is 0 Å². The lowest BCUT2D eigenvalue weighted by Gasteiger charge is -2.29. The third-order valence-corrected chi connectivity index (χ3v) is 10.7. The van der Waals surface area contributed by atoms with Crippen molar-refractivity contribution in [3.05, 3.63) is 95.2 Å². The predicted molar refractivity (Wildman–Crippen MR) is 228 cm³/mol. The van der Waals surface area contributed by atoms with Crippen LogP contribution in [-0.4, -0.2) is 93.0 Å². The minimum absolute atomic E-state index is 0.198. The van der Waals surface area contributed by atoms with E-state index in [-0.39, 0.29) is 28.9 Å². The zero-order valence-corrected chi connectivity index (χ0v) is 34.7. The molecule has 15 heteroatoms. The number of benzene rings is 4. The van der Waals surface area contributed by atoms with Crippen molar-refractivity contribution in [3.8, 4) is 22.6 Å². The molecule has 0 saturated carbocycles. The van der Waals surface area contributed by atoms with E-state index < -0.39 is 15.9 Å². The first-order chi connectivity index (χ1) is 27.5. The number of likely N-dealkylation sites (tertiary alicyclic amines) is 1. The van der Waals surface area contributed by atoms with Crippen molar-refractivity contribution >= 4 is 55.8 Å². The van der Waals surface area contributed by atoms with Gasteiger partial charge in [-0.2, -0.15) is 0 Å². The summed E-state index contributed by atoms with van der Waals surface area (Å²) in [7, 11) is -0.695. The molecule has 0 radical (unpaired) electrons. The van der Waals surface area contributed by atoms with Gasteiger partial charge in [0.1, 0.15) is 5.75 Å². The zero-order chi connectivity index (χ0) is 41.8. The highest BCUT2D eigenvalue weighted by Gasteiger charge is 2.23. The summed E-state index contributed by atoms with van der Waals surface area (Å²) in [6.45, 7) is 10.8. The normalized spacial score (nSPS) is 13.9. The number of anilines is 4. The lowest BCUT2D eigenvalue weighted by Crippen LogP contribution is -2.40. The minimum atomic E-state index is -3.63. The third kappa shape index (κ3) is 10.2. The zero-order valence-electron chi connectivity index (χ0n) is 33.9. The molecule has 1 fully saturated rings. The fourth-order valence-corrected chi connectivity index (χ4v) is 7.38. The van der Waals surface area contributed by atoms with E-state index in [2.05, 4.69) is 30.6 Å². The number of aliphatic hydroxyl groups excluding tert-OH is 1. The van der Waals surface area contributed by atoms with Crippen LogP contribution in [0.5, 0.6) is 11.5 Å². The molecule has 6 rings (SSSR count). The van der Waals surface area contributed by atoms with Crippen molar-refractivity contribution in [3.63, 3.8) is 0 Å². The maximum absolute atomic E-state index is 13.8. The predicted octanol–water partition coefficient (Wildman–Crippen LogP) is 6.47. The number of carbonyl (C=O) groups is 2. The summed E-state index contributed by atoms with van der Waals surface area (Å²) in [6, 6.07) is 19.9. The van der Waals surface area contributed by atoms with Gasteiger partial charge in [0, 0.05) is 55.1 Å². The average molecular weight is 810 g/mol. The standard InChI is InChI=1S/C43H51N7O7S/c1-26-8-9-28(40(52)47-36-22-30(43(2,3)4)23-37(39(36)57-6)49-58(7,54)55)21-34(26)27-10-13-35-29(20-27)25-45-42(48-35)46-31-11-12-33(38(24-31)56-5)41(53)44-16-19-50-17-14-32(51)15-18-50/h8-13,20-25,32,49,51H,14-19H2,1-7H3,(H,44,53)(H,47,52)(H,45,46,48). The second kappa shape index (κ2) is 17.4. The Labute approximate surface area is 339 Å². The number of aliphatic hydroxyl groups is 1. The molecule has 2 heterocycles. The third-order valence-electron chi connectivity index (χ3n) is 10.1. The maximum Gasteiger partial charge on any atom is 0.255 e. The van der Waals surface area contributed by atoms with Gasteiger partial charge in [0.15, 0.2) is 5.75 Å². The van der Waals surface area contributed by atoms with Gasteiger partial charge in [-0.3, -0.25) is 14.3 Å². The van der Waals surface area contributed by atoms with Crippen LogP contribution in [0, 0.1) is 6.92 Å². The van der Waals surface area contributed by atoms with Gasteiger partial charge >= 0.3 is 0 Å². The lowest BCUT2D eigenvalue weighted by molar-refractivity contribution is 0.0804. The van der Waals surface area contributed by atoms with Gasteiger partial charge in [-0.05, 0) is 96.0 Å². The second-order valence-electron chi connectivity index (χ2n) is 15.5. The van der Waals surface area contributed by atoms with Gasteiger partial charge < -0.3 is 35.4 Å². The number of fused-ring (bicyclic) bond motifs is 1. The van der Waals surface area contributed by atoms with E-state index in [9.17, 15) is 23.1 Å². The molecular weight excluding hydrogens is 759 g/mol. The van der Waals surface area contributed by atoms with Gasteiger partial charge in [-0.1, -0.05) is 32.9 Å². The lowest BCUT2D eigenvalue weighted by atomic mass is 9.86. The number of ether oxygens (including phenoxy) is 2. The van der Waals surface area contributed by atoms with Gasteiger partial charge in [0.05, 0.1) is 49.0 Å². The second-order valence-corrected chi connectivity index (χ2v) is 17.3. The Morgan fingerprint density at radius 3 is 2.36 bits per heavy atom. The van der Waals surface area contributed by atoms with Gasteiger partial charge in [-0.15, -0.1) is 0 Å². The van der Waals surface area contributed by atoms with E-state index in [1.165, 1.54) is 14.2 Å². The number of sulfonamides is 1. The first kappa shape index (κ1) is 41.9. The summed E-state index contributed by atoms with van der Waals surface area (Å²) < 4.78 is 38.0. The highest BCUT2D eigenvalue weighted by Crippen LogP contribution is 2.39. The maximum atomic E-state index is 13.8. The topological polar surface area (TPSA) is 184 Å². The molecule has 306 valence electrons. The Morgan fingerprint density at radius 1 is 0.931 bits per heavy atom. The summed E-state index contributed by atoms with van der Waals surface area (Å²) in [4.78, 5) is 38.2. The van der Waals surface area contributed by atoms with Crippen LogP contribution in [0.1, 0.15) is 65.5 Å². The molecule has 0 spiro atoms. The van der Waals surface area contributed by atoms with Crippen molar-refractivity contribution in [1.82, 2.24) is 20.2 Å². The van der Waals surface area contributed by atoms with Crippen molar-refractivity contribution in [2.75, 3.05) is 62.0 Å². The Morgan fingerprint density at radius 2 is 1.67 bits per heavy atom. The monoisotopic (exact) mass is 809 g/mol. The van der Waals surface area contributed by atoms with Crippen LogP contribution in [0.15, 0.2) is 72.9 Å². The number of nitrogens with zero attached hydrogens (tertiary/aromatic N) is 3. The van der Waals surface area contributed by atoms with Gasteiger partial charge in [0.25, 0.3) is 11.8 Å². The quantitative estimate of drug-likeness (QED) is 0.0878. The fraction of sp³-hybridized carbons (Fsp3) is 0.349. The molecule has 2 amide bonds. The van der Waals surface area contributed by atoms with E-state index in [0.717, 1.165) is 59.8 Å². The molecule has 0 unspecified atom stereocenters. The number of methoxy groups -OCH3 is 2. The number of carbonyl (C=O) groups excluding carboxylic acids is 2.